The summed E-state index contributed by atoms with van der Waals surface area (Å²) in [7, 11) is 3.31. The number of hydrogen-bond donors (Lipinski definition) is 0. The molecule has 0 heterocycles. The van der Waals surface area contributed by atoms with E-state index in [1.54, 1.807) is 14.2 Å². The van der Waals surface area contributed by atoms with E-state index in [0.29, 0.717) is 6.61 Å². The van der Waals surface area contributed by atoms with Crippen molar-refractivity contribution in [3.63, 3.8) is 0 Å². The Kier molecular flexibility index (Phi) is 5.30. The molecule has 3 nitrogen and oxygen atoms in total. The lowest BCUT2D eigenvalue weighted by Gasteiger charge is -2.09. The largest absolute Gasteiger partial charge is 0.497 e. The number of ether oxygens (including phenoxy) is 3. The van der Waals surface area contributed by atoms with Crippen molar-refractivity contribution >= 4 is 15.9 Å². The molecule has 0 aliphatic rings. The zero-order chi connectivity index (χ0) is 14.4. The first-order valence-electron chi connectivity index (χ1n) is 6.32. The van der Waals surface area contributed by atoms with Gasteiger partial charge in [-0.3, -0.25) is 0 Å². The molecule has 2 aromatic rings. The summed E-state index contributed by atoms with van der Waals surface area (Å²) in [5, 5.41) is 0. The van der Waals surface area contributed by atoms with Crippen molar-refractivity contribution in [1.82, 2.24) is 0 Å². The van der Waals surface area contributed by atoms with Gasteiger partial charge in [-0.25, -0.2) is 0 Å². The van der Waals surface area contributed by atoms with Crippen LogP contribution in [0.25, 0.3) is 0 Å². The highest BCUT2D eigenvalue weighted by molar-refractivity contribution is 9.10. The maximum Gasteiger partial charge on any atom is 0.133 e. The van der Waals surface area contributed by atoms with Gasteiger partial charge in [-0.2, -0.15) is 0 Å². The third kappa shape index (κ3) is 3.90. The van der Waals surface area contributed by atoms with Gasteiger partial charge in [-0.05, 0) is 51.8 Å². The molecule has 0 radical (unpaired) electrons. The Hall–Kier alpha value is -1.68. The Labute approximate surface area is 127 Å². The fraction of sp³-hybridized carbons (Fsp3) is 0.250. The molecule has 4 heteroatoms. The summed E-state index contributed by atoms with van der Waals surface area (Å²) < 4.78 is 16.9. The van der Waals surface area contributed by atoms with Crippen molar-refractivity contribution in [2.45, 2.75) is 6.42 Å². The van der Waals surface area contributed by atoms with E-state index in [9.17, 15) is 0 Å². The predicted octanol–water partition coefficient (Wildman–Crippen LogP) is 4.09. The van der Waals surface area contributed by atoms with Gasteiger partial charge in [-0.1, -0.05) is 12.1 Å². The van der Waals surface area contributed by atoms with Gasteiger partial charge >= 0.3 is 0 Å². The molecule has 0 bridgehead atoms. The number of halogens is 1. The monoisotopic (exact) mass is 336 g/mol. The maximum absolute atomic E-state index is 5.76. The third-order valence-electron chi connectivity index (χ3n) is 2.95. The van der Waals surface area contributed by atoms with Crippen LogP contribution in [0, 0.1) is 0 Å². The number of benzene rings is 2. The molecule has 0 atom stereocenters. The molecular formula is C16H17BrO3. The van der Waals surface area contributed by atoms with Gasteiger partial charge in [0.25, 0.3) is 0 Å². The van der Waals surface area contributed by atoms with Crippen LogP contribution in [-0.4, -0.2) is 20.8 Å². The SMILES string of the molecule is COc1ccc(CCOc2ccc(OC)cc2Br)cc1. The van der Waals surface area contributed by atoms with Crippen LogP contribution >= 0.6 is 15.9 Å². The lowest BCUT2D eigenvalue weighted by molar-refractivity contribution is 0.319. The van der Waals surface area contributed by atoms with Crippen molar-refractivity contribution in [3.05, 3.63) is 52.5 Å². The van der Waals surface area contributed by atoms with E-state index in [1.807, 2.05) is 42.5 Å². The first kappa shape index (κ1) is 14.7. The molecule has 0 saturated heterocycles. The molecule has 0 aromatic heterocycles. The minimum atomic E-state index is 0.622. The highest BCUT2D eigenvalue weighted by atomic mass is 79.9. The van der Waals surface area contributed by atoms with Crippen LogP contribution in [0.1, 0.15) is 5.56 Å². The van der Waals surface area contributed by atoms with Crippen LogP contribution in [0.3, 0.4) is 0 Å². The summed E-state index contributed by atoms with van der Waals surface area (Å²) in [5.41, 5.74) is 1.22. The maximum atomic E-state index is 5.76. The van der Waals surface area contributed by atoms with Crippen molar-refractivity contribution in [1.29, 1.82) is 0 Å². The molecular weight excluding hydrogens is 320 g/mol. The van der Waals surface area contributed by atoms with Crippen molar-refractivity contribution in [3.8, 4) is 17.2 Å². The normalized spacial score (nSPS) is 10.2. The molecule has 0 fully saturated rings. The predicted molar refractivity (Wildman–Crippen MR) is 82.9 cm³/mol. The molecule has 0 N–H and O–H groups in total. The summed E-state index contributed by atoms with van der Waals surface area (Å²) in [6.07, 6.45) is 0.850. The van der Waals surface area contributed by atoms with E-state index in [-0.39, 0.29) is 0 Å². The fourth-order valence-corrected chi connectivity index (χ4v) is 2.27. The number of hydrogen-bond acceptors (Lipinski definition) is 3. The van der Waals surface area contributed by atoms with Crippen LogP contribution in [0.2, 0.25) is 0 Å². The molecule has 0 spiro atoms. The van der Waals surface area contributed by atoms with Crippen LogP contribution < -0.4 is 14.2 Å². The van der Waals surface area contributed by atoms with Crippen LogP contribution in [-0.2, 0) is 6.42 Å². The Morgan fingerprint density at radius 3 is 2.15 bits per heavy atom. The summed E-state index contributed by atoms with van der Waals surface area (Å²) in [4.78, 5) is 0. The zero-order valence-electron chi connectivity index (χ0n) is 11.6. The standard InChI is InChI=1S/C16H17BrO3/c1-18-13-5-3-12(4-6-13)9-10-20-16-8-7-14(19-2)11-15(16)17/h3-8,11H,9-10H2,1-2H3. The molecule has 0 saturated carbocycles. The first-order valence-corrected chi connectivity index (χ1v) is 7.11. The molecule has 2 aromatic carbocycles. The minimum absolute atomic E-state index is 0.622. The number of rotatable bonds is 6. The lowest BCUT2D eigenvalue weighted by atomic mass is 10.1. The van der Waals surface area contributed by atoms with Crippen molar-refractivity contribution in [2.75, 3.05) is 20.8 Å². The molecule has 2 rings (SSSR count). The fourth-order valence-electron chi connectivity index (χ4n) is 1.80. The molecule has 106 valence electrons. The van der Waals surface area contributed by atoms with Crippen molar-refractivity contribution in [2.24, 2.45) is 0 Å². The van der Waals surface area contributed by atoms with Gasteiger partial charge < -0.3 is 14.2 Å². The minimum Gasteiger partial charge on any atom is -0.497 e. The topological polar surface area (TPSA) is 27.7 Å². The van der Waals surface area contributed by atoms with Gasteiger partial charge in [-0.15, -0.1) is 0 Å². The summed E-state index contributed by atoms with van der Waals surface area (Å²) in [5.74, 6) is 2.49. The van der Waals surface area contributed by atoms with Crippen LogP contribution in [0.5, 0.6) is 17.2 Å². The average molecular weight is 337 g/mol. The quantitative estimate of drug-likeness (QED) is 0.795. The van der Waals surface area contributed by atoms with Gasteiger partial charge in [0, 0.05) is 6.42 Å². The van der Waals surface area contributed by atoms with Gasteiger partial charge in [0.1, 0.15) is 17.2 Å². The van der Waals surface area contributed by atoms with Crippen LogP contribution in [0.15, 0.2) is 46.9 Å². The van der Waals surface area contributed by atoms with E-state index in [1.165, 1.54) is 5.56 Å². The van der Waals surface area contributed by atoms with E-state index in [2.05, 4.69) is 15.9 Å². The van der Waals surface area contributed by atoms with E-state index in [4.69, 9.17) is 14.2 Å². The molecule has 0 amide bonds. The average Bonchev–Trinajstić information content (AvgIpc) is 2.49. The second-order valence-electron chi connectivity index (χ2n) is 4.24. The zero-order valence-corrected chi connectivity index (χ0v) is 13.1. The Morgan fingerprint density at radius 1 is 0.900 bits per heavy atom. The highest BCUT2D eigenvalue weighted by Crippen LogP contribution is 2.29. The van der Waals surface area contributed by atoms with Crippen LogP contribution in [0.4, 0.5) is 0 Å². The highest BCUT2D eigenvalue weighted by Gasteiger charge is 2.03. The molecule has 20 heavy (non-hydrogen) atoms. The van der Waals surface area contributed by atoms with E-state index >= 15 is 0 Å². The first-order chi connectivity index (χ1) is 9.72. The van der Waals surface area contributed by atoms with E-state index in [0.717, 1.165) is 28.1 Å². The molecule has 0 aliphatic heterocycles. The van der Waals surface area contributed by atoms with Gasteiger partial charge in [0.15, 0.2) is 0 Å². The smallest absolute Gasteiger partial charge is 0.133 e. The Morgan fingerprint density at radius 2 is 1.55 bits per heavy atom. The van der Waals surface area contributed by atoms with E-state index < -0.39 is 0 Å². The number of methoxy groups -OCH3 is 2. The Bertz CT molecular complexity index is 552. The lowest BCUT2D eigenvalue weighted by Crippen LogP contribution is -2.02. The van der Waals surface area contributed by atoms with Gasteiger partial charge in [0.05, 0.1) is 25.3 Å². The summed E-state index contributed by atoms with van der Waals surface area (Å²) in [6.45, 7) is 0.622. The second-order valence-corrected chi connectivity index (χ2v) is 5.10. The second kappa shape index (κ2) is 7.20. The molecule has 0 aliphatic carbocycles. The summed E-state index contributed by atoms with van der Waals surface area (Å²) >= 11 is 3.47. The molecule has 0 unspecified atom stereocenters. The third-order valence-corrected chi connectivity index (χ3v) is 3.57. The summed E-state index contributed by atoms with van der Waals surface area (Å²) in [6, 6.07) is 13.7. The van der Waals surface area contributed by atoms with Crippen molar-refractivity contribution < 1.29 is 14.2 Å². The van der Waals surface area contributed by atoms with Gasteiger partial charge in [0.2, 0.25) is 0 Å². The Balaban J connectivity index is 1.88.